The summed E-state index contributed by atoms with van der Waals surface area (Å²) in [5.41, 5.74) is 1.49. The molecule has 0 bridgehead atoms. The number of benzene rings is 1. The maximum atomic E-state index is 12.0. The fraction of sp³-hybridized carbons (Fsp3) is 0.312. The van der Waals surface area contributed by atoms with Gasteiger partial charge >= 0.3 is 6.03 Å². The molecule has 6 nitrogen and oxygen atoms in total. The molecule has 0 aliphatic carbocycles. The van der Waals surface area contributed by atoms with E-state index in [2.05, 4.69) is 10.6 Å². The van der Waals surface area contributed by atoms with Crippen LogP contribution in [0, 0.1) is 13.8 Å². The normalized spacial score (nSPS) is 10.2. The number of carbonyl (C=O) groups is 1. The first kappa shape index (κ1) is 15.8. The molecule has 0 aliphatic rings. The molecule has 22 heavy (non-hydrogen) atoms. The fourth-order valence-corrected chi connectivity index (χ4v) is 2.19. The largest absolute Gasteiger partial charge is 0.493 e. The monoisotopic (exact) mass is 304 g/mol. The second kappa shape index (κ2) is 6.89. The maximum absolute atomic E-state index is 12.0. The van der Waals surface area contributed by atoms with Crippen LogP contribution >= 0.6 is 0 Å². The van der Waals surface area contributed by atoms with E-state index in [0.29, 0.717) is 23.7 Å². The topological polar surface area (TPSA) is 72.7 Å². The van der Waals surface area contributed by atoms with Crippen molar-refractivity contribution >= 4 is 11.7 Å². The highest BCUT2D eigenvalue weighted by Gasteiger charge is 2.12. The Morgan fingerprint density at radius 3 is 2.59 bits per heavy atom. The van der Waals surface area contributed by atoms with Crippen LogP contribution in [-0.4, -0.2) is 20.3 Å². The van der Waals surface area contributed by atoms with Gasteiger partial charge in [0, 0.05) is 12.1 Å². The van der Waals surface area contributed by atoms with E-state index in [1.54, 1.807) is 25.3 Å². The van der Waals surface area contributed by atoms with Crippen molar-refractivity contribution in [1.29, 1.82) is 0 Å². The van der Waals surface area contributed by atoms with Gasteiger partial charge in [0.2, 0.25) is 0 Å². The SMILES string of the molecule is COc1cccc(NC(=O)NCc2cc(C)oc2C)c1OC. The summed E-state index contributed by atoms with van der Waals surface area (Å²) in [5.74, 6) is 2.66. The van der Waals surface area contributed by atoms with E-state index >= 15 is 0 Å². The number of aryl methyl sites for hydroxylation is 2. The molecule has 6 heteroatoms. The highest BCUT2D eigenvalue weighted by Crippen LogP contribution is 2.34. The minimum Gasteiger partial charge on any atom is -0.493 e. The van der Waals surface area contributed by atoms with Crippen molar-refractivity contribution in [2.75, 3.05) is 19.5 Å². The summed E-state index contributed by atoms with van der Waals surface area (Å²) in [6, 6.07) is 6.86. The van der Waals surface area contributed by atoms with Crippen molar-refractivity contribution in [2.45, 2.75) is 20.4 Å². The van der Waals surface area contributed by atoms with Gasteiger partial charge in [-0.1, -0.05) is 6.07 Å². The van der Waals surface area contributed by atoms with Crippen LogP contribution in [-0.2, 0) is 6.54 Å². The maximum Gasteiger partial charge on any atom is 0.319 e. The zero-order valence-electron chi connectivity index (χ0n) is 13.1. The molecule has 118 valence electrons. The van der Waals surface area contributed by atoms with E-state index in [1.807, 2.05) is 19.9 Å². The summed E-state index contributed by atoms with van der Waals surface area (Å²) in [6.07, 6.45) is 0. The van der Waals surface area contributed by atoms with Crippen molar-refractivity contribution in [3.05, 3.63) is 41.3 Å². The van der Waals surface area contributed by atoms with E-state index < -0.39 is 0 Å². The summed E-state index contributed by atoms with van der Waals surface area (Å²) in [7, 11) is 3.07. The Balaban J connectivity index is 2.02. The van der Waals surface area contributed by atoms with Crippen LogP contribution in [0.25, 0.3) is 0 Å². The number of methoxy groups -OCH3 is 2. The average Bonchev–Trinajstić information content (AvgIpc) is 2.82. The van der Waals surface area contributed by atoms with Gasteiger partial charge in [0.15, 0.2) is 11.5 Å². The van der Waals surface area contributed by atoms with Gasteiger partial charge in [0.25, 0.3) is 0 Å². The van der Waals surface area contributed by atoms with Crippen LogP contribution in [0.3, 0.4) is 0 Å². The highest BCUT2D eigenvalue weighted by molar-refractivity contribution is 5.91. The minimum absolute atomic E-state index is 0.329. The first-order chi connectivity index (χ1) is 10.5. The lowest BCUT2D eigenvalue weighted by Gasteiger charge is -2.13. The number of furan rings is 1. The third-order valence-electron chi connectivity index (χ3n) is 3.23. The van der Waals surface area contributed by atoms with Crippen LogP contribution < -0.4 is 20.1 Å². The first-order valence-electron chi connectivity index (χ1n) is 6.87. The molecule has 0 unspecified atom stereocenters. The number of hydrogen-bond acceptors (Lipinski definition) is 4. The molecule has 0 atom stereocenters. The summed E-state index contributed by atoms with van der Waals surface area (Å²) in [6.45, 7) is 4.13. The molecule has 1 aromatic heterocycles. The van der Waals surface area contributed by atoms with Gasteiger partial charge in [0.1, 0.15) is 11.5 Å². The smallest absolute Gasteiger partial charge is 0.319 e. The lowest BCUT2D eigenvalue weighted by molar-refractivity contribution is 0.251. The zero-order chi connectivity index (χ0) is 16.1. The average molecular weight is 304 g/mol. The molecule has 2 rings (SSSR count). The number of carbonyl (C=O) groups excluding carboxylic acids is 1. The molecule has 1 heterocycles. The van der Waals surface area contributed by atoms with Gasteiger partial charge in [0.05, 0.1) is 19.9 Å². The van der Waals surface area contributed by atoms with Gasteiger partial charge in [-0.05, 0) is 32.0 Å². The van der Waals surface area contributed by atoms with Crippen LogP contribution in [0.4, 0.5) is 10.5 Å². The predicted octanol–water partition coefficient (Wildman–Crippen LogP) is 3.24. The van der Waals surface area contributed by atoms with Crippen molar-refractivity contribution < 1.29 is 18.7 Å². The Morgan fingerprint density at radius 1 is 1.23 bits per heavy atom. The van der Waals surface area contributed by atoms with Gasteiger partial charge in [-0.25, -0.2) is 4.79 Å². The summed E-state index contributed by atoms with van der Waals surface area (Å²) in [4.78, 5) is 12.0. The molecule has 0 saturated heterocycles. The molecule has 1 aromatic carbocycles. The predicted molar refractivity (Wildman–Crippen MR) is 83.6 cm³/mol. The molecule has 0 aliphatic heterocycles. The Hall–Kier alpha value is -2.63. The van der Waals surface area contributed by atoms with Crippen molar-refractivity contribution in [1.82, 2.24) is 5.32 Å². The number of anilines is 1. The van der Waals surface area contributed by atoms with Gasteiger partial charge < -0.3 is 24.5 Å². The molecule has 0 fully saturated rings. The van der Waals surface area contributed by atoms with E-state index in [0.717, 1.165) is 17.1 Å². The lowest BCUT2D eigenvalue weighted by atomic mass is 10.2. The van der Waals surface area contributed by atoms with Crippen molar-refractivity contribution in [2.24, 2.45) is 0 Å². The standard InChI is InChI=1S/C16H20N2O4/c1-10-8-12(11(2)22-10)9-17-16(19)18-13-6-5-7-14(20-3)15(13)21-4/h5-8H,9H2,1-4H3,(H2,17,18,19). The summed E-state index contributed by atoms with van der Waals surface area (Å²) in [5, 5.41) is 5.53. The number of nitrogens with one attached hydrogen (secondary N) is 2. The molecule has 2 N–H and O–H groups in total. The van der Waals surface area contributed by atoms with E-state index in [1.165, 1.54) is 7.11 Å². The van der Waals surface area contributed by atoms with Crippen LogP contribution in [0.2, 0.25) is 0 Å². The molecule has 2 aromatic rings. The minimum atomic E-state index is -0.329. The number of rotatable bonds is 5. The third kappa shape index (κ3) is 3.52. The second-order valence-electron chi connectivity index (χ2n) is 4.79. The molecular weight excluding hydrogens is 284 g/mol. The molecule has 0 radical (unpaired) electrons. The van der Waals surface area contributed by atoms with E-state index in [-0.39, 0.29) is 6.03 Å². The van der Waals surface area contributed by atoms with Gasteiger partial charge in [-0.3, -0.25) is 0 Å². The zero-order valence-corrected chi connectivity index (χ0v) is 13.1. The van der Waals surface area contributed by atoms with Crippen LogP contribution in [0.15, 0.2) is 28.7 Å². The number of urea groups is 1. The Labute approximate surface area is 129 Å². The molecule has 2 amide bonds. The van der Waals surface area contributed by atoms with Crippen LogP contribution in [0.1, 0.15) is 17.1 Å². The summed E-state index contributed by atoms with van der Waals surface area (Å²) < 4.78 is 15.9. The van der Waals surface area contributed by atoms with Crippen LogP contribution in [0.5, 0.6) is 11.5 Å². The molecule has 0 spiro atoms. The number of amides is 2. The van der Waals surface area contributed by atoms with Gasteiger partial charge in [-0.15, -0.1) is 0 Å². The quantitative estimate of drug-likeness (QED) is 0.889. The second-order valence-corrected chi connectivity index (χ2v) is 4.79. The Kier molecular flexibility index (Phi) is 4.93. The third-order valence-corrected chi connectivity index (χ3v) is 3.23. The Morgan fingerprint density at radius 2 is 2.00 bits per heavy atom. The number of hydrogen-bond donors (Lipinski definition) is 2. The van der Waals surface area contributed by atoms with Crippen molar-refractivity contribution in [3.63, 3.8) is 0 Å². The van der Waals surface area contributed by atoms with Gasteiger partial charge in [-0.2, -0.15) is 0 Å². The Bertz CT molecular complexity index is 664. The van der Waals surface area contributed by atoms with E-state index in [9.17, 15) is 4.79 Å². The molecular formula is C16H20N2O4. The molecule has 0 saturated carbocycles. The lowest BCUT2D eigenvalue weighted by Crippen LogP contribution is -2.28. The number of ether oxygens (including phenoxy) is 2. The first-order valence-corrected chi connectivity index (χ1v) is 6.87. The van der Waals surface area contributed by atoms with Crippen molar-refractivity contribution in [3.8, 4) is 11.5 Å². The fourth-order valence-electron chi connectivity index (χ4n) is 2.19. The van der Waals surface area contributed by atoms with E-state index in [4.69, 9.17) is 13.9 Å². The highest BCUT2D eigenvalue weighted by atomic mass is 16.5. The number of para-hydroxylation sites is 1. The summed E-state index contributed by atoms with van der Waals surface area (Å²) >= 11 is 0.